The van der Waals surface area contributed by atoms with Crippen LogP contribution in [0, 0.1) is 0 Å². The van der Waals surface area contributed by atoms with E-state index in [4.69, 9.17) is 21.1 Å². The minimum Gasteiger partial charge on any atom is -0.493 e. The number of anilines is 2. The zero-order valence-electron chi connectivity index (χ0n) is 26.6. The summed E-state index contributed by atoms with van der Waals surface area (Å²) in [5, 5.41) is 13.0. The Bertz CT molecular complexity index is 1690. The number of ether oxygens (including phenoxy) is 2. The fraction of sp³-hybridized carbons (Fsp3) is 0.278. The standard InChI is InChI=1S/C18H18Br2N2O2.C18H18BrClN2O2/c2*1-2-24-17-4-3-11(8-16(17)20)18(23)22-13-7-12-10-21-6-5-14(12)15(19)9-13/h2*3-4,7-9,21H,2,5-6,10H2,1H3,(H,22,23). The van der Waals surface area contributed by atoms with Gasteiger partial charge in [-0.05, 0) is 139 Å². The summed E-state index contributed by atoms with van der Waals surface area (Å²) >= 11 is 16.8. The minimum absolute atomic E-state index is 0.144. The number of amides is 2. The molecule has 2 aliphatic rings. The van der Waals surface area contributed by atoms with Crippen LogP contribution in [0.15, 0.2) is 74.1 Å². The van der Waals surface area contributed by atoms with Crippen LogP contribution in [0.25, 0.3) is 0 Å². The van der Waals surface area contributed by atoms with Gasteiger partial charge in [-0.25, -0.2) is 0 Å². The van der Waals surface area contributed by atoms with E-state index < -0.39 is 0 Å². The van der Waals surface area contributed by atoms with Crippen molar-refractivity contribution in [2.75, 3.05) is 36.9 Å². The molecule has 0 atom stereocenters. The molecule has 6 rings (SSSR count). The molecule has 2 amide bonds. The Balaban J connectivity index is 0.000000188. The van der Waals surface area contributed by atoms with Gasteiger partial charge in [-0.1, -0.05) is 43.5 Å². The highest BCUT2D eigenvalue weighted by Crippen LogP contribution is 2.31. The van der Waals surface area contributed by atoms with E-state index in [1.54, 1.807) is 36.4 Å². The van der Waals surface area contributed by atoms with Gasteiger partial charge in [0.2, 0.25) is 0 Å². The van der Waals surface area contributed by atoms with E-state index in [0.29, 0.717) is 35.1 Å². The molecule has 2 aliphatic heterocycles. The molecule has 4 aromatic carbocycles. The van der Waals surface area contributed by atoms with Crippen molar-refractivity contribution >= 4 is 82.6 Å². The van der Waals surface area contributed by atoms with E-state index in [2.05, 4.69) is 69.1 Å². The lowest BCUT2D eigenvalue weighted by Crippen LogP contribution is -2.24. The van der Waals surface area contributed by atoms with Crippen LogP contribution in [0.4, 0.5) is 11.4 Å². The number of rotatable bonds is 8. The van der Waals surface area contributed by atoms with Crippen molar-refractivity contribution in [3.63, 3.8) is 0 Å². The highest BCUT2D eigenvalue weighted by atomic mass is 79.9. The molecule has 0 saturated carbocycles. The maximum atomic E-state index is 12.5. The molecule has 4 N–H and O–H groups in total. The molecule has 252 valence electrons. The van der Waals surface area contributed by atoms with Crippen LogP contribution in [0.5, 0.6) is 11.5 Å². The summed E-state index contributed by atoms with van der Waals surface area (Å²) in [7, 11) is 0. The summed E-state index contributed by atoms with van der Waals surface area (Å²) in [6.07, 6.45) is 1.98. The molecule has 0 unspecified atom stereocenters. The van der Waals surface area contributed by atoms with Crippen LogP contribution in [-0.2, 0) is 25.9 Å². The minimum atomic E-state index is -0.199. The molecule has 0 bridgehead atoms. The summed E-state index contributed by atoms with van der Waals surface area (Å²) in [6, 6.07) is 18.3. The largest absolute Gasteiger partial charge is 0.493 e. The molecule has 0 spiro atoms. The molecule has 0 aromatic heterocycles. The Kier molecular flexibility index (Phi) is 13.0. The Labute approximate surface area is 311 Å². The number of benzene rings is 4. The number of carbonyl (C=O) groups excluding carboxylic acids is 2. The predicted octanol–water partition coefficient (Wildman–Crippen LogP) is 8.91. The Morgan fingerprint density at radius 3 is 1.65 bits per heavy atom. The van der Waals surface area contributed by atoms with Crippen LogP contribution in [0.2, 0.25) is 5.02 Å². The van der Waals surface area contributed by atoms with E-state index >= 15 is 0 Å². The van der Waals surface area contributed by atoms with E-state index in [0.717, 1.165) is 69.6 Å². The second-order valence-corrected chi connectivity index (χ2v) is 14.1. The van der Waals surface area contributed by atoms with Gasteiger partial charge in [0.15, 0.2) is 0 Å². The summed E-state index contributed by atoms with van der Waals surface area (Å²) in [4.78, 5) is 25.0. The first-order chi connectivity index (χ1) is 23.2. The first-order valence-electron chi connectivity index (χ1n) is 15.7. The third-order valence-electron chi connectivity index (χ3n) is 7.81. The third-order valence-corrected chi connectivity index (χ3v) is 10.1. The number of fused-ring (bicyclic) bond motifs is 2. The fourth-order valence-electron chi connectivity index (χ4n) is 5.52. The molecule has 48 heavy (non-hydrogen) atoms. The Morgan fingerprint density at radius 1 is 0.688 bits per heavy atom. The summed E-state index contributed by atoms with van der Waals surface area (Å²) < 4.78 is 13.7. The quantitative estimate of drug-likeness (QED) is 0.141. The van der Waals surface area contributed by atoms with Gasteiger partial charge < -0.3 is 30.7 Å². The first-order valence-corrected chi connectivity index (χ1v) is 18.4. The van der Waals surface area contributed by atoms with Crippen molar-refractivity contribution in [2.24, 2.45) is 0 Å². The van der Waals surface area contributed by atoms with Gasteiger partial charge >= 0.3 is 0 Å². The number of hydrogen-bond donors (Lipinski definition) is 4. The van der Waals surface area contributed by atoms with E-state index in [1.807, 2.05) is 38.1 Å². The average Bonchev–Trinajstić information content (AvgIpc) is 3.07. The lowest BCUT2D eigenvalue weighted by atomic mass is 10.0. The number of hydrogen-bond acceptors (Lipinski definition) is 6. The van der Waals surface area contributed by atoms with Gasteiger partial charge in [-0.3, -0.25) is 9.59 Å². The first kappa shape index (κ1) is 36.4. The van der Waals surface area contributed by atoms with E-state index in [1.165, 1.54) is 22.3 Å². The number of nitrogens with one attached hydrogen (secondary N) is 4. The summed E-state index contributed by atoms with van der Waals surface area (Å²) in [5.41, 5.74) is 7.67. The fourth-order valence-corrected chi connectivity index (χ4v) is 7.64. The number of halogens is 4. The van der Waals surface area contributed by atoms with Crippen LogP contribution in [-0.4, -0.2) is 38.1 Å². The lowest BCUT2D eigenvalue weighted by Gasteiger charge is -2.20. The summed E-state index contributed by atoms with van der Waals surface area (Å²) in [6.45, 7) is 8.53. The molecule has 8 nitrogen and oxygen atoms in total. The van der Waals surface area contributed by atoms with Crippen LogP contribution in [0.3, 0.4) is 0 Å². The Morgan fingerprint density at radius 2 is 1.17 bits per heavy atom. The smallest absolute Gasteiger partial charge is 0.255 e. The average molecular weight is 864 g/mol. The monoisotopic (exact) mass is 860 g/mol. The van der Waals surface area contributed by atoms with Crippen molar-refractivity contribution < 1.29 is 19.1 Å². The van der Waals surface area contributed by atoms with Gasteiger partial charge in [-0.2, -0.15) is 0 Å². The van der Waals surface area contributed by atoms with E-state index in [-0.39, 0.29) is 11.8 Å². The molecule has 2 heterocycles. The molecule has 0 fully saturated rings. The normalized spacial score (nSPS) is 13.3. The lowest BCUT2D eigenvalue weighted by molar-refractivity contribution is 0.101. The van der Waals surface area contributed by atoms with Gasteiger partial charge in [0.1, 0.15) is 11.5 Å². The van der Waals surface area contributed by atoms with Gasteiger partial charge in [0.25, 0.3) is 11.8 Å². The molecule has 0 radical (unpaired) electrons. The van der Waals surface area contributed by atoms with Gasteiger partial charge in [-0.15, -0.1) is 0 Å². The third kappa shape index (κ3) is 9.19. The highest BCUT2D eigenvalue weighted by Gasteiger charge is 2.17. The second kappa shape index (κ2) is 17.1. The molecule has 0 aliphatic carbocycles. The van der Waals surface area contributed by atoms with Crippen molar-refractivity contribution in [1.29, 1.82) is 0 Å². The zero-order chi connectivity index (χ0) is 34.2. The molecule has 12 heteroatoms. The number of carbonyl (C=O) groups is 2. The summed E-state index contributed by atoms with van der Waals surface area (Å²) in [5.74, 6) is 0.972. The second-order valence-electron chi connectivity index (χ2n) is 11.1. The maximum absolute atomic E-state index is 12.5. The maximum Gasteiger partial charge on any atom is 0.255 e. The van der Waals surface area contributed by atoms with Crippen LogP contribution in [0.1, 0.15) is 56.8 Å². The van der Waals surface area contributed by atoms with Crippen LogP contribution >= 0.6 is 59.4 Å². The zero-order valence-corrected chi connectivity index (χ0v) is 32.1. The Hall–Kier alpha value is -2.93. The molecular formula is C36H36Br3ClN4O4. The molecule has 4 aromatic rings. The van der Waals surface area contributed by atoms with Crippen molar-refractivity contribution in [2.45, 2.75) is 39.8 Å². The van der Waals surface area contributed by atoms with Gasteiger partial charge in [0, 0.05) is 44.5 Å². The van der Waals surface area contributed by atoms with Gasteiger partial charge in [0.05, 0.1) is 22.7 Å². The highest BCUT2D eigenvalue weighted by molar-refractivity contribution is 9.11. The van der Waals surface area contributed by atoms with Crippen LogP contribution < -0.4 is 30.7 Å². The van der Waals surface area contributed by atoms with Crippen molar-refractivity contribution in [1.82, 2.24) is 10.6 Å². The van der Waals surface area contributed by atoms with Crippen molar-refractivity contribution in [3.05, 3.63) is 112 Å². The SMILES string of the molecule is CCOc1ccc(C(=O)Nc2cc(Br)c3c(c2)CNCC3)cc1Br.CCOc1ccc(C(=O)Nc2cc(Br)c3c(c2)CNCC3)cc1Cl. The predicted molar refractivity (Wildman–Crippen MR) is 203 cm³/mol. The van der Waals surface area contributed by atoms with Crippen molar-refractivity contribution in [3.8, 4) is 11.5 Å². The molecule has 0 saturated heterocycles. The molecular weight excluding hydrogens is 828 g/mol. The topological polar surface area (TPSA) is 101 Å². The van der Waals surface area contributed by atoms with E-state index in [9.17, 15) is 9.59 Å².